The molecule has 5 rings (SSSR count). The van der Waals surface area contributed by atoms with E-state index in [1.54, 1.807) is 0 Å². The molecule has 158 valence electrons. The summed E-state index contributed by atoms with van der Waals surface area (Å²) in [7, 11) is 0. The van der Waals surface area contributed by atoms with E-state index in [4.69, 9.17) is 4.42 Å². The van der Waals surface area contributed by atoms with Crippen molar-refractivity contribution in [2.24, 2.45) is 0 Å². The number of carbonyl (C=O) groups is 1. The molecule has 0 aliphatic rings. The molecule has 0 spiro atoms. The van der Waals surface area contributed by atoms with Crippen molar-refractivity contribution in [1.29, 1.82) is 0 Å². The number of para-hydroxylation sites is 1. The van der Waals surface area contributed by atoms with Crippen LogP contribution >= 0.6 is 0 Å². The Balaban J connectivity index is 1.58. The van der Waals surface area contributed by atoms with Crippen LogP contribution in [0.2, 0.25) is 0 Å². The van der Waals surface area contributed by atoms with Crippen molar-refractivity contribution in [3.63, 3.8) is 0 Å². The molecule has 0 N–H and O–H groups in total. The van der Waals surface area contributed by atoms with Crippen molar-refractivity contribution in [2.45, 2.75) is 25.9 Å². The first-order chi connectivity index (χ1) is 15.7. The van der Waals surface area contributed by atoms with Crippen molar-refractivity contribution in [3.05, 3.63) is 126 Å². The Bertz CT molecular complexity index is 1320. The smallest absolute Gasteiger partial charge is 0.257 e. The van der Waals surface area contributed by atoms with Crippen LogP contribution < -0.4 is 4.57 Å². The van der Waals surface area contributed by atoms with Gasteiger partial charge in [-0.05, 0) is 12.1 Å². The Morgan fingerprint density at radius 2 is 1.62 bits per heavy atom. The van der Waals surface area contributed by atoms with Crippen LogP contribution in [0.4, 0.5) is 0 Å². The Labute approximate surface area is 187 Å². The van der Waals surface area contributed by atoms with E-state index in [2.05, 4.69) is 42.0 Å². The van der Waals surface area contributed by atoms with Gasteiger partial charge in [0, 0.05) is 22.9 Å². The van der Waals surface area contributed by atoms with Gasteiger partial charge < -0.3 is 4.42 Å². The molecule has 0 fully saturated rings. The fourth-order valence-corrected chi connectivity index (χ4v) is 4.34. The number of aromatic nitrogens is 2. The normalized spacial score (nSPS) is 12.2. The van der Waals surface area contributed by atoms with E-state index in [9.17, 15) is 4.79 Å². The number of furan rings is 1. The lowest BCUT2D eigenvalue weighted by atomic mass is 10.0. The molecular weight excluding hydrogens is 396 g/mol. The van der Waals surface area contributed by atoms with Gasteiger partial charge in [-0.15, -0.1) is 0 Å². The molecule has 1 unspecified atom stereocenters. The molecule has 0 aliphatic carbocycles. The van der Waals surface area contributed by atoms with Gasteiger partial charge in [0.15, 0.2) is 18.3 Å². The third kappa shape index (κ3) is 3.76. The van der Waals surface area contributed by atoms with Crippen molar-refractivity contribution in [3.8, 4) is 0 Å². The first-order valence-corrected chi connectivity index (χ1v) is 11.0. The van der Waals surface area contributed by atoms with Gasteiger partial charge in [-0.25, -0.2) is 9.13 Å². The van der Waals surface area contributed by atoms with E-state index in [1.165, 1.54) is 0 Å². The molecule has 2 aromatic heterocycles. The van der Waals surface area contributed by atoms with Crippen molar-refractivity contribution in [2.75, 3.05) is 0 Å². The molecule has 0 amide bonds. The van der Waals surface area contributed by atoms with E-state index >= 15 is 0 Å². The highest BCUT2D eigenvalue weighted by Crippen LogP contribution is 2.32. The van der Waals surface area contributed by atoms with Gasteiger partial charge in [-0.2, -0.15) is 0 Å². The van der Waals surface area contributed by atoms with Crippen LogP contribution in [-0.2, 0) is 13.0 Å². The topological polar surface area (TPSA) is 39.0 Å². The second-order valence-electron chi connectivity index (χ2n) is 7.89. The molecule has 2 heterocycles. The fraction of sp³-hybridized carbons (Fsp3) is 0.143. The number of rotatable bonds is 7. The maximum Gasteiger partial charge on any atom is 0.257 e. The van der Waals surface area contributed by atoms with Gasteiger partial charge in [0.1, 0.15) is 18.0 Å². The SMILES string of the molecule is CCc1n(C(c2ccccc2)c2cc3ccccc3o2)cc[n+]1CC(=O)c1ccccc1. The van der Waals surface area contributed by atoms with Crippen LogP contribution in [-0.4, -0.2) is 10.4 Å². The van der Waals surface area contributed by atoms with Crippen molar-refractivity contribution >= 4 is 16.8 Å². The fourth-order valence-electron chi connectivity index (χ4n) is 4.34. The predicted octanol–water partition coefficient (Wildman–Crippen LogP) is 5.60. The summed E-state index contributed by atoms with van der Waals surface area (Å²) >= 11 is 0. The van der Waals surface area contributed by atoms with Crippen molar-refractivity contribution < 1.29 is 13.8 Å². The highest BCUT2D eigenvalue weighted by molar-refractivity contribution is 5.94. The van der Waals surface area contributed by atoms with E-state index in [1.807, 2.05) is 77.5 Å². The molecule has 0 saturated heterocycles. The third-order valence-electron chi connectivity index (χ3n) is 5.87. The largest absolute Gasteiger partial charge is 0.456 e. The number of benzene rings is 3. The molecule has 32 heavy (non-hydrogen) atoms. The van der Waals surface area contributed by atoms with E-state index < -0.39 is 0 Å². The van der Waals surface area contributed by atoms with Crippen LogP contribution in [0.25, 0.3) is 11.0 Å². The van der Waals surface area contributed by atoms with E-state index in [-0.39, 0.29) is 11.8 Å². The molecular formula is C28H25N2O2+. The number of ketones is 1. The molecule has 0 aliphatic heterocycles. The Kier molecular flexibility index (Phi) is 5.42. The second kappa shape index (κ2) is 8.67. The molecule has 0 bridgehead atoms. The zero-order valence-electron chi connectivity index (χ0n) is 18.0. The lowest BCUT2D eigenvalue weighted by Crippen LogP contribution is -2.41. The monoisotopic (exact) mass is 421 g/mol. The quantitative estimate of drug-likeness (QED) is 0.253. The third-order valence-corrected chi connectivity index (χ3v) is 5.87. The standard InChI is InChI=1S/C28H25N2O2/c1-2-27-29(20-24(31)21-11-5-3-6-12-21)17-18-30(27)28(22-13-7-4-8-14-22)26-19-23-15-9-10-16-25(23)32-26/h3-19,28H,2,20H2,1H3/q+1. The number of carbonyl (C=O) groups excluding carboxylic acids is 1. The first-order valence-electron chi connectivity index (χ1n) is 11.0. The molecule has 4 nitrogen and oxygen atoms in total. The van der Waals surface area contributed by atoms with Crippen LogP contribution in [0.1, 0.15) is 40.5 Å². The first kappa shape index (κ1) is 20.0. The van der Waals surface area contributed by atoms with Gasteiger partial charge in [-0.3, -0.25) is 4.79 Å². The Hall–Kier alpha value is -3.92. The summed E-state index contributed by atoms with van der Waals surface area (Å²) in [5.41, 5.74) is 2.74. The lowest BCUT2D eigenvalue weighted by molar-refractivity contribution is -0.690. The number of imidazole rings is 1. The maximum absolute atomic E-state index is 12.9. The van der Waals surface area contributed by atoms with Crippen LogP contribution in [0.3, 0.4) is 0 Å². The van der Waals surface area contributed by atoms with Gasteiger partial charge in [0.25, 0.3) is 5.82 Å². The summed E-state index contributed by atoms with van der Waals surface area (Å²) < 4.78 is 10.6. The number of nitrogens with zero attached hydrogens (tertiary/aromatic N) is 2. The van der Waals surface area contributed by atoms with E-state index in [0.717, 1.165) is 40.1 Å². The summed E-state index contributed by atoms with van der Waals surface area (Å²) in [6, 6.07) is 29.9. The molecule has 5 aromatic rings. The summed E-state index contributed by atoms with van der Waals surface area (Å²) in [4.78, 5) is 12.9. The zero-order valence-corrected chi connectivity index (χ0v) is 18.0. The summed E-state index contributed by atoms with van der Waals surface area (Å²) in [6.45, 7) is 2.43. The second-order valence-corrected chi connectivity index (χ2v) is 7.89. The average molecular weight is 422 g/mol. The number of fused-ring (bicyclic) bond motifs is 1. The highest BCUT2D eigenvalue weighted by atomic mass is 16.3. The molecule has 0 radical (unpaired) electrons. The van der Waals surface area contributed by atoms with Crippen LogP contribution in [0.15, 0.2) is 108 Å². The lowest BCUT2D eigenvalue weighted by Gasteiger charge is -2.14. The minimum atomic E-state index is -0.119. The zero-order chi connectivity index (χ0) is 21.9. The van der Waals surface area contributed by atoms with Gasteiger partial charge in [0.2, 0.25) is 5.78 Å². The molecule has 3 aromatic carbocycles. The molecule has 1 atom stereocenters. The minimum absolute atomic E-state index is 0.100. The average Bonchev–Trinajstić information content (AvgIpc) is 3.44. The maximum atomic E-state index is 12.9. The Morgan fingerprint density at radius 1 is 0.938 bits per heavy atom. The summed E-state index contributed by atoms with van der Waals surface area (Å²) in [5.74, 6) is 2.05. The van der Waals surface area contributed by atoms with Gasteiger partial charge in [0.05, 0.1) is 0 Å². The predicted molar refractivity (Wildman–Crippen MR) is 125 cm³/mol. The van der Waals surface area contributed by atoms with Crippen LogP contribution in [0.5, 0.6) is 0 Å². The van der Waals surface area contributed by atoms with E-state index in [0.29, 0.717) is 6.54 Å². The Morgan fingerprint density at radius 3 is 2.34 bits per heavy atom. The highest BCUT2D eigenvalue weighted by Gasteiger charge is 2.30. The number of hydrogen-bond donors (Lipinski definition) is 0. The van der Waals surface area contributed by atoms with Gasteiger partial charge >= 0.3 is 0 Å². The number of Topliss-reactive ketones (excluding diaryl/α,β-unsaturated/α-hetero) is 1. The van der Waals surface area contributed by atoms with Gasteiger partial charge in [-0.1, -0.05) is 85.8 Å². The van der Waals surface area contributed by atoms with Crippen LogP contribution in [0, 0.1) is 0 Å². The minimum Gasteiger partial charge on any atom is -0.456 e. The molecule has 0 saturated carbocycles. The summed E-state index contributed by atoms with van der Waals surface area (Å²) in [5, 5.41) is 1.08. The van der Waals surface area contributed by atoms with Crippen molar-refractivity contribution in [1.82, 2.24) is 4.57 Å². The summed E-state index contributed by atoms with van der Waals surface area (Å²) in [6.07, 6.45) is 4.85. The number of hydrogen-bond acceptors (Lipinski definition) is 2. The molecule has 4 heteroatoms.